The first-order valence-corrected chi connectivity index (χ1v) is 4.33. The average Bonchev–Trinajstić information content (AvgIpc) is 2.17. The zero-order valence-electron chi connectivity index (χ0n) is 8.39. The molecule has 0 aliphatic heterocycles. The summed E-state index contributed by atoms with van der Waals surface area (Å²) in [5, 5.41) is 10.9. The van der Waals surface area contributed by atoms with Crippen LogP contribution in [-0.2, 0) is 4.79 Å². The van der Waals surface area contributed by atoms with Crippen LogP contribution in [0, 0.1) is 6.92 Å². The maximum absolute atomic E-state index is 11.4. The van der Waals surface area contributed by atoms with Crippen molar-refractivity contribution >= 4 is 11.9 Å². The van der Waals surface area contributed by atoms with Gasteiger partial charge in [0.1, 0.15) is 18.1 Å². The number of carbonyl (C=O) groups excluding carboxylic acids is 1. The number of nitrogens with zero attached hydrogens (tertiary/aromatic N) is 2. The Labute approximate surface area is 86.4 Å². The third kappa shape index (κ3) is 3.01. The summed E-state index contributed by atoms with van der Waals surface area (Å²) in [6, 6.07) is 0.553. The molecule has 1 amide bonds. The van der Waals surface area contributed by atoms with Gasteiger partial charge in [0.15, 0.2) is 0 Å². The van der Waals surface area contributed by atoms with Crippen LogP contribution in [0.2, 0.25) is 0 Å². The summed E-state index contributed by atoms with van der Waals surface area (Å²) in [5.74, 6) is -1.61. The number of aryl methyl sites for hydroxylation is 1. The first-order valence-electron chi connectivity index (χ1n) is 4.33. The maximum atomic E-state index is 11.4. The number of nitrogens with one attached hydrogen (secondary N) is 1. The molecule has 2 N–H and O–H groups in total. The van der Waals surface area contributed by atoms with E-state index in [1.807, 2.05) is 0 Å². The molecule has 15 heavy (non-hydrogen) atoms. The van der Waals surface area contributed by atoms with E-state index in [1.54, 1.807) is 6.92 Å². The second-order valence-corrected chi connectivity index (χ2v) is 3.08. The fourth-order valence-corrected chi connectivity index (χ4v) is 0.911. The van der Waals surface area contributed by atoms with Crippen LogP contribution in [-0.4, -0.2) is 33.0 Å². The Balaban J connectivity index is 2.73. The van der Waals surface area contributed by atoms with E-state index in [4.69, 9.17) is 5.11 Å². The van der Waals surface area contributed by atoms with E-state index in [2.05, 4.69) is 15.3 Å². The first-order chi connectivity index (χ1) is 7.00. The van der Waals surface area contributed by atoms with Gasteiger partial charge in [0.2, 0.25) is 0 Å². The minimum Gasteiger partial charge on any atom is -0.480 e. The highest BCUT2D eigenvalue weighted by Crippen LogP contribution is 1.97. The van der Waals surface area contributed by atoms with Gasteiger partial charge >= 0.3 is 5.97 Å². The number of aliphatic carboxylic acids is 1. The average molecular weight is 209 g/mol. The standard InChI is InChI=1S/C9H11N3O3/c1-5-3-7(11-4-10-5)8(13)12-6(2)9(14)15/h3-4,6H,1-2H3,(H,12,13)(H,14,15)/t6-/m0/s1. The molecular formula is C9H11N3O3. The second-order valence-electron chi connectivity index (χ2n) is 3.08. The van der Waals surface area contributed by atoms with Gasteiger partial charge in [-0.25, -0.2) is 9.97 Å². The van der Waals surface area contributed by atoms with Crippen molar-refractivity contribution in [1.29, 1.82) is 0 Å². The molecule has 1 rings (SSSR count). The molecule has 6 heteroatoms. The van der Waals surface area contributed by atoms with E-state index < -0.39 is 17.9 Å². The lowest BCUT2D eigenvalue weighted by Crippen LogP contribution is -2.38. The Morgan fingerprint density at radius 1 is 1.47 bits per heavy atom. The van der Waals surface area contributed by atoms with Gasteiger partial charge in [-0.05, 0) is 19.9 Å². The SMILES string of the molecule is Cc1cc(C(=O)N[C@@H](C)C(=O)O)ncn1. The highest BCUT2D eigenvalue weighted by atomic mass is 16.4. The largest absolute Gasteiger partial charge is 0.480 e. The van der Waals surface area contributed by atoms with Crippen LogP contribution in [0.1, 0.15) is 23.1 Å². The molecule has 1 atom stereocenters. The van der Waals surface area contributed by atoms with Crippen molar-refractivity contribution in [3.8, 4) is 0 Å². The zero-order valence-corrected chi connectivity index (χ0v) is 8.39. The van der Waals surface area contributed by atoms with E-state index in [-0.39, 0.29) is 5.69 Å². The molecule has 1 aromatic heterocycles. The van der Waals surface area contributed by atoms with E-state index in [0.717, 1.165) is 0 Å². The van der Waals surface area contributed by atoms with Gasteiger partial charge in [0, 0.05) is 5.69 Å². The number of hydrogen-bond acceptors (Lipinski definition) is 4. The van der Waals surface area contributed by atoms with Crippen molar-refractivity contribution in [2.24, 2.45) is 0 Å². The monoisotopic (exact) mass is 209 g/mol. The fraction of sp³-hybridized carbons (Fsp3) is 0.333. The minimum atomic E-state index is -1.09. The number of aromatic nitrogens is 2. The lowest BCUT2D eigenvalue weighted by Gasteiger charge is -2.08. The summed E-state index contributed by atoms with van der Waals surface area (Å²) in [6.07, 6.45) is 1.26. The molecule has 0 aromatic carbocycles. The molecule has 0 saturated carbocycles. The van der Waals surface area contributed by atoms with Crippen molar-refractivity contribution in [1.82, 2.24) is 15.3 Å². The van der Waals surface area contributed by atoms with Crippen LogP contribution in [0.3, 0.4) is 0 Å². The first kappa shape index (κ1) is 11.1. The third-order valence-corrected chi connectivity index (χ3v) is 1.75. The van der Waals surface area contributed by atoms with Gasteiger partial charge < -0.3 is 10.4 Å². The topological polar surface area (TPSA) is 92.2 Å². The Kier molecular flexibility index (Phi) is 3.33. The molecule has 0 unspecified atom stereocenters. The van der Waals surface area contributed by atoms with E-state index in [0.29, 0.717) is 5.69 Å². The van der Waals surface area contributed by atoms with Crippen molar-refractivity contribution in [3.63, 3.8) is 0 Å². The normalized spacial score (nSPS) is 11.9. The van der Waals surface area contributed by atoms with Gasteiger partial charge in [-0.2, -0.15) is 0 Å². The van der Waals surface area contributed by atoms with E-state index in [9.17, 15) is 9.59 Å². The van der Waals surface area contributed by atoms with Crippen molar-refractivity contribution in [3.05, 3.63) is 23.8 Å². The molecule has 0 bridgehead atoms. The summed E-state index contributed by atoms with van der Waals surface area (Å²) < 4.78 is 0. The van der Waals surface area contributed by atoms with Gasteiger partial charge in [0.25, 0.3) is 5.91 Å². The highest BCUT2D eigenvalue weighted by Gasteiger charge is 2.15. The van der Waals surface area contributed by atoms with Gasteiger partial charge in [-0.1, -0.05) is 0 Å². The molecule has 0 aliphatic carbocycles. The summed E-state index contributed by atoms with van der Waals surface area (Å²) in [4.78, 5) is 29.5. The highest BCUT2D eigenvalue weighted by molar-refractivity contribution is 5.94. The molecular weight excluding hydrogens is 198 g/mol. The van der Waals surface area contributed by atoms with Crippen LogP contribution in [0.15, 0.2) is 12.4 Å². The zero-order chi connectivity index (χ0) is 11.4. The van der Waals surface area contributed by atoms with Crippen molar-refractivity contribution in [2.75, 3.05) is 0 Å². The molecule has 6 nitrogen and oxygen atoms in total. The van der Waals surface area contributed by atoms with Crippen LogP contribution in [0.5, 0.6) is 0 Å². The number of rotatable bonds is 3. The summed E-state index contributed by atoms with van der Waals surface area (Å²) >= 11 is 0. The van der Waals surface area contributed by atoms with Crippen LogP contribution in [0.4, 0.5) is 0 Å². The Hall–Kier alpha value is -1.98. The molecule has 0 saturated heterocycles. The van der Waals surface area contributed by atoms with E-state index >= 15 is 0 Å². The van der Waals surface area contributed by atoms with Crippen LogP contribution in [0.25, 0.3) is 0 Å². The van der Waals surface area contributed by atoms with Crippen molar-refractivity contribution in [2.45, 2.75) is 19.9 Å². The van der Waals surface area contributed by atoms with E-state index in [1.165, 1.54) is 19.3 Å². The quantitative estimate of drug-likeness (QED) is 0.730. The summed E-state index contributed by atoms with van der Waals surface area (Å²) in [7, 11) is 0. The van der Waals surface area contributed by atoms with Crippen LogP contribution >= 0.6 is 0 Å². The van der Waals surface area contributed by atoms with Gasteiger partial charge in [-0.3, -0.25) is 9.59 Å². The Bertz CT molecular complexity index is 392. The summed E-state index contributed by atoms with van der Waals surface area (Å²) in [5.41, 5.74) is 0.814. The third-order valence-electron chi connectivity index (χ3n) is 1.75. The number of amides is 1. The van der Waals surface area contributed by atoms with Crippen molar-refractivity contribution < 1.29 is 14.7 Å². The smallest absolute Gasteiger partial charge is 0.325 e. The fourth-order valence-electron chi connectivity index (χ4n) is 0.911. The number of carbonyl (C=O) groups is 2. The number of hydrogen-bond donors (Lipinski definition) is 2. The van der Waals surface area contributed by atoms with Gasteiger partial charge in [-0.15, -0.1) is 0 Å². The Morgan fingerprint density at radius 2 is 2.13 bits per heavy atom. The predicted octanol–water partition coefficient (Wildman–Crippen LogP) is -0.0121. The molecule has 1 heterocycles. The second kappa shape index (κ2) is 4.50. The lowest BCUT2D eigenvalue weighted by molar-refractivity contribution is -0.138. The Morgan fingerprint density at radius 3 is 2.67 bits per heavy atom. The molecule has 80 valence electrons. The van der Waals surface area contributed by atoms with Crippen LogP contribution < -0.4 is 5.32 Å². The predicted molar refractivity (Wildman–Crippen MR) is 51.3 cm³/mol. The molecule has 0 spiro atoms. The molecule has 0 radical (unpaired) electrons. The molecule has 0 fully saturated rings. The number of carboxylic acid groups (broad SMARTS) is 1. The molecule has 1 aromatic rings. The van der Waals surface area contributed by atoms with Gasteiger partial charge in [0.05, 0.1) is 0 Å². The maximum Gasteiger partial charge on any atom is 0.325 e. The lowest BCUT2D eigenvalue weighted by atomic mass is 10.3. The minimum absolute atomic E-state index is 0.163. The molecule has 0 aliphatic rings. The summed E-state index contributed by atoms with van der Waals surface area (Å²) in [6.45, 7) is 3.10. The number of carboxylic acids is 1.